The predicted molar refractivity (Wildman–Crippen MR) is 85.1 cm³/mol. The molecule has 21 heavy (non-hydrogen) atoms. The first kappa shape index (κ1) is 15.8. The molecule has 2 rings (SSSR count). The number of nitrogen functional groups attached to an aromatic ring is 1. The Morgan fingerprint density at radius 3 is 2.52 bits per heavy atom. The zero-order valence-electron chi connectivity index (χ0n) is 12.9. The quantitative estimate of drug-likeness (QED) is 0.622. The van der Waals surface area contributed by atoms with Crippen molar-refractivity contribution in [2.24, 2.45) is 5.92 Å². The highest BCUT2D eigenvalue weighted by Gasteiger charge is 2.39. The lowest BCUT2D eigenvalue weighted by atomic mass is 9.99. The number of thiophene rings is 1. The minimum absolute atomic E-state index is 0.132. The van der Waals surface area contributed by atoms with E-state index in [1.165, 1.54) is 31.1 Å². The number of nitrogens with two attached hydrogens (primary N) is 1. The maximum absolute atomic E-state index is 12.1. The smallest absolute Gasteiger partial charge is 0.343 e. The van der Waals surface area contributed by atoms with Crippen LogP contribution in [0.5, 0.6) is 0 Å². The molecule has 0 radical (unpaired) electrons. The van der Waals surface area contributed by atoms with Crippen LogP contribution in [0.1, 0.15) is 60.6 Å². The minimum Gasteiger partial charge on any atom is -0.462 e. The molecule has 0 atom stereocenters. The SMILES string of the molecule is CCOC(=O)c1c(NC(C)(C)C2CC2)sc(C(C)=O)c1N. The Labute approximate surface area is 128 Å². The first-order valence-electron chi connectivity index (χ1n) is 7.16. The molecule has 0 unspecified atom stereocenters. The van der Waals surface area contributed by atoms with Gasteiger partial charge in [0, 0.05) is 12.5 Å². The van der Waals surface area contributed by atoms with E-state index in [0.717, 1.165) is 0 Å². The Bertz CT molecular complexity index is 574. The number of nitrogens with one attached hydrogen (secondary N) is 1. The van der Waals surface area contributed by atoms with E-state index >= 15 is 0 Å². The van der Waals surface area contributed by atoms with Crippen molar-refractivity contribution in [3.8, 4) is 0 Å². The van der Waals surface area contributed by atoms with Gasteiger partial charge in [-0.3, -0.25) is 4.79 Å². The van der Waals surface area contributed by atoms with Crippen molar-refractivity contribution >= 4 is 33.8 Å². The number of rotatable bonds is 6. The van der Waals surface area contributed by atoms with Crippen LogP contribution in [0.3, 0.4) is 0 Å². The molecule has 0 aromatic carbocycles. The number of carbonyl (C=O) groups excluding carboxylic acids is 2. The molecule has 6 heteroatoms. The maximum Gasteiger partial charge on any atom is 0.343 e. The average molecular weight is 310 g/mol. The second-order valence-electron chi connectivity index (χ2n) is 5.95. The fraction of sp³-hybridized carbons (Fsp3) is 0.600. The van der Waals surface area contributed by atoms with Crippen molar-refractivity contribution in [2.75, 3.05) is 17.7 Å². The van der Waals surface area contributed by atoms with Crippen molar-refractivity contribution in [1.29, 1.82) is 0 Å². The van der Waals surface area contributed by atoms with Gasteiger partial charge in [0.2, 0.25) is 0 Å². The van der Waals surface area contributed by atoms with Gasteiger partial charge in [0.1, 0.15) is 10.6 Å². The van der Waals surface area contributed by atoms with Gasteiger partial charge in [0.05, 0.1) is 17.2 Å². The highest BCUT2D eigenvalue weighted by atomic mass is 32.1. The van der Waals surface area contributed by atoms with Gasteiger partial charge in [-0.2, -0.15) is 0 Å². The van der Waals surface area contributed by atoms with E-state index in [1.54, 1.807) is 6.92 Å². The number of Topliss-reactive ketones (excluding diaryl/α,β-unsaturated/α-hetero) is 1. The fourth-order valence-corrected chi connectivity index (χ4v) is 3.57. The molecule has 0 amide bonds. The van der Waals surface area contributed by atoms with Crippen molar-refractivity contribution in [2.45, 2.75) is 46.1 Å². The first-order valence-corrected chi connectivity index (χ1v) is 7.98. The summed E-state index contributed by atoms with van der Waals surface area (Å²) < 4.78 is 5.07. The zero-order chi connectivity index (χ0) is 15.8. The number of esters is 1. The summed E-state index contributed by atoms with van der Waals surface area (Å²) in [6, 6.07) is 0. The number of anilines is 2. The Hall–Kier alpha value is -1.56. The number of ether oxygens (including phenoxy) is 1. The molecule has 3 N–H and O–H groups in total. The molecule has 1 heterocycles. The number of ketones is 1. The van der Waals surface area contributed by atoms with E-state index in [0.29, 0.717) is 21.4 Å². The first-order chi connectivity index (χ1) is 9.77. The van der Waals surface area contributed by atoms with Crippen LogP contribution in [-0.4, -0.2) is 23.9 Å². The molecule has 116 valence electrons. The van der Waals surface area contributed by atoms with Gasteiger partial charge in [-0.15, -0.1) is 11.3 Å². The Morgan fingerprint density at radius 1 is 1.43 bits per heavy atom. The van der Waals surface area contributed by atoms with Crippen LogP contribution in [0.25, 0.3) is 0 Å². The van der Waals surface area contributed by atoms with E-state index in [-0.39, 0.29) is 23.6 Å². The second-order valence-corrected chi connectivity index (χ2v) is 6.97. The highest BCUT2D eigenvalue weighted by Crippen LogP contribution is 2.44. The Balaban J connectivity index is 2.40. The van der Waals surface area contributed by atoms with Crippen LogP contribution >= 0.6 is 11.3 Å². The van der Waals surface area contributed by atoms with E-state index < -0.39 is 5.97 Å². The summed E-state index contributed by atoms with van der Waals surface area (Å²) in [5.74, 6) is -0.0372. The zero-order valence-corrected chi connectivity index (χ0v) is 13.7. The van der Waals surface area contributed by atoms with Gasteiger partial charge < -0.3 is 15.8 Å². The summed E-state index contributed by atoms with van der Waals surface area (Å²) in [4.78, 5) is 24.2. The Morgan fingerprint density at radius 2 is 2.05 bits per heavy atom. The highest BCUT2D eigenvalue weighted by molar-refractivity contribution is 7.19. The molecule has 0 spiro atoms. The van der Waals surface area contributed by atoms with Crippen LogP contribution in [0.15, 0.2) is 0 Å². The third kappa shape index (κ3) is 3.20. The maximum atomic E-state index is 12.1. The van der Waals surface area contributed by atoms with Crippen molar-refractivity contribution < 1.29 is 14.3 Å². The topological polar surface area (TPSA) is 81.4 Å². The summed E-state index contributed by atoms with van der Waals surface area (Å²) in [6.45, 7) is 7.67. The molecule has 0 aliphatic heterocycles. The van der Waals surface area contributed by atoms with Gasteiger partial charge in [-0.1, -0.05) is 0 Å². The molecule has 5 nitrogen and oxygen atoms in total. The largest absolute Gasteiger partial charge is 0.462 e. The molecule has 1 aliphatic carbocycles. The lowest BCUT2D eigenvalue weighted by molar-refractivity contribution is 0.0529. The van der Waals surface area contributed by atoms with Gasteiger partial charge in [0.25, 0.3) is 0 Å². The number of hydrogen-bond donors (Lipinski definition) is 2. The lowest BCUT2D eigenvalue weighted by Crippen LogP contribution is -2.33. The predicted octanol–water partition coefficient (Wildman–Crippen LogP) is 3.31. The van der Waals surface area contributed by atoms with Crippen LogP contribution in [-0.2, 0) is 4.74 Å². The lowest BCUT2D eigenvalue weighted by Gasteiger charge is -2.27. The summed E-state index contributed by atoms with van der Waals surface area (Å²) in [5, 5.41) is 4.02. The molecule has 0 saturated heterocycles. The molecular weight excluding hydrogens is 288 g/mol. The van der Waals surface area contributed by atoms with E-state index in [1.807, 2.05) is 0 Å². The number of hydrogen-bond acceptors (Lipinski definition) is 6. The van der Waals surface area contributed by atoms with E-state index in [2.05, 4.69) is 19.2 Å². The van der Waals surface area contributed by atoms with E-state index in [9.17, 15) is 9.59 Å². The molecule has 1 saturated carbocycles. The summed E-state index contributed by atoms with van der Waals surface area (Å²) in [6.07, 6.45) is 2.35. The van der Waals surface area contributed by atoms with Crippen molar-refractivity contribution in [3.05, 3.63) is 10.4 Å². The van der Waals surface area contributed by atoms with Crippen LogP contribution in [0, 0.1) is 5.92 Å². The molecular formula is C15H22N2O3S. The monoisotopic (exact) mass is 310 g/mol. The molecule has 1 aromatic heterocycles. The van der Waals surface area contributed by atoms with Crippen LogP contribution in [0.4, 0.5) is 10.7 Å². The van der Waals surface area contributed by atoms with Gasteiger partial charge in [-0.05, 0) is 39.5 Å². The normalized spacial score (nSPS) is 14.9. The molecule has 1 aliphatic rings. The molecule has 1 aromatic rings. The fourth-order valence-electron chi connectivity index (χ4n) is 2.40. The summed E-state index contributed by atoms with van der Waals surface area (Å²) in [7, 11) is 0. The summed E-state index contributed by atoms with van der Waals surface area (Å²) in [5.41, 5.74) is 6.38. The standard InChI is InChI=1S/C15H22N2O3S/c1-5-20-14(19)10-11(16)12(8(2)18)21-13(10)17-15(3,4)9-6-7-9/h9,17H,5-7,16H2,1-4H3. The second kappa shape index (κ2) is 5.67. The summed E-state index contributed by atoms with van der Waals surface area (Å²) >= 11 is 1.23. The van der Waals surface area contributed by atoms with Gasteiger partial charge in [-0.25, -0.2) is 4.79 Å². The van der Waals surface area contributed by atoms with Crippen molar-refractivity contribution in [3.63, 3.8) is 0 Å². The van der Waals surface area contributed by atoms with Crippen LogP contribution in [0.2, 0.25) is 0 Å². The number of carbonyl (C=O) groups is 2. The third-order valence-corrected chi connectivity index (χ3v) is 5.00. The molecule has 1 fully saturated rings. The minimum atomic E-state index is -0.479. The van der Waals surface area contributed by atoms with Crippen LogP contribution < -0.4 is 11.1 Å². The van der Waals surface area contributed by atoms with Crippen molar-refractivity contribution in [1.82, 2.24) is 0 Å². The third-order valence-electron chi connectivity index (χ3n) is 3.78. The van der Waals surface area contributed by atoms with E-state index in [4.69, 9.17) is 10.5 Å². The van der Waals surface area contributed by atoms with Gasteiger partial charge in [0.15, 0.2) is 5.78 Å². The molecule has 0 bridgehead atoms. The average Bonchev–Trinajstić information content (AvgIpc) is 3.16. The Kier molecular flexibility index (Phi) is 4.27. The van der Waals surface area contributed by atoms with Gasteiger partial charge >= 0.3 is 5.97 Å².